The fraction of sp³-hybridized carbons (Fsp3) is 0.364. The van der Waals surface area contributed by atoms with Crippen molar-refractivity contribution in [3.63, 3.8) is 0 Å². The number of aromatic nitrogens is 5. The fourth-order valence-corrected chi connectivity index (χ4v) is 4.22. The largest absolute Gasteiger partial charge is 0.441 e. The third-order valence-electron chi connectivity index (χ3n) is 5.97. The van der Waals surface area contributed by atoms with Gasteiger partial charge in [-0.05, 0) is 55.9 Å². The summed E-state index contributed by atoms with van der Waals surface area (Å²) in [6.45, 7) is 1.38. The first-order chi connectivity index (χ1) is 15.2. The van der Waals surface area contributed by atoms with E-state index in [1.54, 1.807) is 29.7 Å². The second-order valence-electron chi connectivity index (χ2n) is 8.04. The average molecular weight is 417 g/mol. The number of nitrogens with one attached hydrogen (secondary N) is 1. The molecule has 1 amide bonds. The van der Waals surface area contributed by atoms with E-state index in [1.165, 1.54) is 0 Å². The van der Waals surface area contributed by atoms with Gasteiger partial charge in [-0.25, -0.2) is 9.78 Å². The molecule has 0 radical (unpaired) electrons. The van der Waals surface area contributed by atoms with E-state index in [0.717, 1.165) is 38.0 Å². The van der Waals surface area contributed by atoms with Gasteiger partial charge in [0.2, 0.25) is 0 Å². The summed E-state index contributed by atoms with van der Waals surface area (Å²) in [4.78, 5) is 26.6. The minimum atomic E-state index is -0.400. The molecule has 9 heteroatoms. The van der Waals surface area contributed by atoms with Crippen LogP contribution >= 0.6 is 0 Å². The topological polar surface area (TPSA) is 106 Å². The van der Waals surface area contributed by atoms with Gasteiger partial charge in [0.1, 0.15) is 28.6 Å². The summed E-state index contributed by atoms with van der Waals surface area (Å²) in [5.41, 5.74) is 0.993. The van der Waals surface area contributed by atoms with Crippen LogP contribution in [-0.4, -0.2) is 49.9 Å². The molecule has 4 heterocycles. The van der Waals surface area contributed by atoms with E-state index >= 15 is 0 Å². The van der Waals surface area contributed by atoms with E-state index in [1.807, 2.05) is 30.3 Å². The van der Waals surface area contributed by atoms with E-state index in [9.17, 15) is 4.79 Å². The predicted molar refractivity (Wildman–Crippen MR) is 114 cm³/mol. The summed E-state index contributed by atoms with van der Waals surface area (Å²) in [7, 11) is 0. The standard InChI is InChI=1S/C22H23N7O2/c30-21-29(20-3-1-2-10-25-20)15-22(31-21)8-6-16(7-9-22)13-26-19-5-4-17(27-28-19)18-14-23-11-12-24-18/h1-5,10-12,14,16H,6-9,13,15H2,(H,26,28). The highest BCUT2D eigenvalue weighted by atomic mass is 16.6. The van der Waals surface area contributed by atoms with Crippen molar-refractivity contribution in [3.05, 3.63) is 55.1 Å². The Labute approximate surface area is 179 Å². The summed E-state index contributed by atoms with van der Waals surface area (Å²) in [5.74, 6) is 1.88. The number of carbonyl (C=O) groups excluding carboxylic acids is 1. The number of ether oxygens (including phenoxy) is 1. The molecule has 0 aromatic carbocycles. The molecular weight excluding hydrogens is 394 g/mol. The first-order valence-corrected chi connectivity index (χ1v) is 10.5. The maximum atomic E-state index is 12.4. The second-order valence-corrected chi connectivity index (χ2v) is 8.04. The van der Waals surface area contributed by atoms with E-state index in [-0.39, 0.29) is 6.09 Å². The number of rotatable bonds is 5. The third kappa shape index (κ3) is 4.16. The molecule has 1 spiro atoms. The van der Waals surface area contributed by atoms with Crippen molar-refractivity contribution in [1.29, 1.82) is 0 Å². The van der Waals surface area contributed by atoms with Crippen LogP contribution in [0.2, 0.25) is 0 Å². The first-order valence-electron chi connectivity index (χ1n) is 10.5. The lowest BCUT2D eigenvalue weighted by atomic mass is 9.78. The summed E-state index contributed by atoms with van der Waals surface area (Å²) in [6, 6.07) is 9.36. The molecule has 2 fully saturated rings. The minimum absolute atomic E-state index is 0.297. The van der Waals surface area contributed by atoms with Crippen molar-refractivity contribution in [1.82, 2.24) is 25.1 Å². The van der Waals surface area contributed by atoms with Crippen LogP contribution in [0, 0.1) is 5.92 Å². The van der Waals surface area contributed by atoms with Crippen LogP contribution in [0.25, 0.3) is 11.4 Å². The van der Waals surface area contributed by atoms with Gasteiger partial charge in [0.05, 0.1) is 12.7 Å². The molecule has 1 aliphatic heterocycles. The van der Waals surface area contributed by atoms with Crippen LogP contribution < -0.4 is 10.2 Å². The average Bonchev–Trinajstić information content (AvgIpc) is 3.16. The summed E-state index contributed by atoms with van der Waals surface area (Å²) >= 11 is 0. The Morgan fingerprint density at radius 2 is 1.94 bits per heavy atom. The minimum Gasteiger partial charge on any atom is -0.441 e. The van der Waals surface area contributed by atoms with Crippen LogP contribution in [0.15, 0.2) is 55.1 Å². The molecule has 1 saturated carbocycles. The lowest BCUT2D eigenvalue weighted by Gasteiger charge is -2.35. The molecule has 2 aliphatic rings. The predicted octanol–water partition coefficient (Wildman–Crippen LogP) is 3.33. The molecule has 9 nitrogen and oxygen atoms in total. The molecule has 31 heavy (non-hydrogen) atoms. The van der Waals surface area contributed by atoms with Gasteiger partial charge in [-0.2, -0.15) is 0 Å². The van der Waals surface area contributed by atoms with Gasteiger partial charge < -0.3 is 10.1 Å². The SMILES string of the molecule is O=C1OC2(CCC(CNc3ccc(-c4cnccn4)nn3)CC2)CN1c1ccccn1. The van der Waals surface area contributed by atoms with Crippen molar-refractivity contribution in [2.75, 3.05) is 23.3 Å². The third-order valence-corrected chi connectivity index (χ3v) is 5.97. The fourth-order valence-electron chi connectivity index (χ4n) is 4.22. The maximum absolute atomic E-state index is 12.4. The molecule has 158 valence electrons. The number of hydrogen-bond donors (Lipinski definition) is 1. The maximum Gasteiger partial charge on any atom is 0.416 e. The van der Waals surface area contributed by atoms with Gasteiger partial charge in [0, 0.05) is 25.1 Å². The highest BCUT2D eigenvalue weighted by Crippen LogP contribution is 2.40. The van der Waals surface area contributed by atoms with E-state index < -0.39 is 5.60 Å². The van der Waals surface area contributed by atoms with E-state index in [4.69, 9.17) is 4.74 Å². The van der Waals surface area contributed by atoms with E-state index in [0.29, 0.717) is 29.7 Å². The molecule has 0 atom stereocenters. The molecule has 5 rings (SSSR count). The van der Waals surface area contributed by atoms with Gasteiger partial charge in [0.25, 0.3) is 0 Å². The van der Waals surface area contributed by atoms with Crippen LogP contribution in [0.1, 0.15) is 25.7 Å². The normalized spacial score (nSPS) is 23.0. The molecule has 3 aromatic heterocycles. The Morgan fingerprint density at radius 3 is 2.65 bits per heavy atom. The number of anilines is 2. The van der Waals surface area contributed by atoms with Gasteiger partial charge >= 0.3 is 6.09 Å². The molecule has 0 unspecified atom stereocenters. The van der Waals surface area contributed by atoms with Crippen LogP contribution in [0.4, 0.5) is 16.4 Å². The monoisotopic (exact) mass is 417 g/mol. The molecule has 1 aliphatic carbocycles. The Morgan fingerprint density at radius 1 is 1.03 bits per heavy atom. The Balaban J connectivity index is 1.14. The number of carbonyl (C=O) groups is 1. The Hall–Kier alpha value is -3.62. The molecule has 0 bridgehead atoms. The van der Waals surface area contributed by atoms with E-state index in [2.05, 4.69) is 30.5 Å². The highest BCUT2D eigenvalue weighted by molar-refractivity contribution is 5.89. The molecular formula is C22H23N7O2. The Kier molecular flexibility index (Phi) is 5.15. The summed E-state index contributed by atoms with van der Waals surface area (Å²) in [5, 5.41) is 11.9. The molecule has 1 N–H and O–H groups in total. The zero-order chi connectivity index (χ0) is 21.1. The van der Waals surface area contributed by atoms with Crippen molar-refractivity contribution in [2.24, 2.45) is 5.92 Å². The molecule has 3 aromatic rings. The van der Waals surface area contributed by atoms with Crippen molar-refractivity contribution in [2.45, 2.75) is 31.3 Å². The lowest BCUT2D eigenvalue weighted by molar-refractivity contribution is 0.0148. The summed E-state index contributed by atoms with van der Waals surface area (Å²) in [6.07, 6.45) is 10.0. The number of hydrogen-bond acceptors (Lipinski definition) is 8. The van der Waals surface area contributed by atoms with Gasteiger partial charge in [0.15, 0.2) is 0 Å². The second kappa shape index (κ2) is 8.25. The van der Waals surface area contributed by atoms with Crippen LogP contribution in [-0.2, 0) is 4.74 Å². The number of pyridine rings is 1. The van der Waals surface area contributed by atoms with Gasteiger partial charge in [-0.15, -0.1) is 10.2 Å². The summed E-state index contributed by atoms with van der Waals surface area (Å²) < 4.78 is 5.82. The Bertz CT molecular complexity index is 1020. The highest BCUT2D eigenvalue weighted by Gasteiger charge is 2.47. The van der Waals surface area contributed by atoms with Crippen molar-refractivity contribution < 1.29 is 9.53 Å². The van der Waals surface area contributed by atoms with Crippen molar-refractivity contribution in [3.8, 4) is 11.4 Å². The zero-order valence-electron chi connectivity index (χ0n) is 17.0. The zero-order valence-corrected chi connectivity index (χ0v) is 17.0. The van der Waals surface area contributed by atoms with Crippen LogP contribution in [0.3, 0.4) is 0 Å². The smallest absolute Gasteiger partial charge is 0.416 e. The lowest BCUT2D eigenvalue weighted by Crippen LogP contribution is -2.39. The van der Waals surface area contributed by atoms with Crippen LogP contribution in [0.5, 0.6) is 0 Å². The van der Waals surface area contributed by atoms with Crippen molar-refractivity contribution >= 4 is 17.7 Å². The number of nitrogens with zero attached hydrogens (tertiary/aromatic N) is 6. The first kappa shape index (κ1) is 19.3. The van der Waals surface area contributed by atoms with Gasteiger partial charge in [-0.1, -0.05) is 6.07 Å². The molecule has 1 saturated heterocycles. The quantitative estimate of drug-likeness (QED) is 0.674. The van der Waals surface area contributed by atoms with Gasteiger partial charge in [-0.3, -0.25) is 14.9 Å². The number of amides is 1.